The molecule has 0 bridgehead atoms. The summed E-state index contributed by atoms with van der Waals surface area (Å²) < 4.78 is 1.92. The maximum atomic E-state index is 3.96. The van der Waals surface area contributed by atoms with Crippen molar-refractivity contribution < 1.29 is 0 Å². The van der Waals surface area contributed by atoms with Gasteiger partial charge in [-0.2, -0.15) is 0 Å². The van der Waals surface area contributed by atoms with Gasteiger partial charge in [0.25, 0.3) is 0 Å². The first-order valence-corrected chi connectivity index (χ1v) is 3.64. The van der Waals surface area contributed by atoms with E-state index in [0.29, 0.717) is 0 Å². The number of aryl methyl sites for hydroxylation is 1. The highest BCUT2D eigenvalue weighted by Gasteiger charge is 1.72. The lowest BCUT2D eigenvalue weighted by Crippen LogP contribution is -1.62. The molecule has 0 radical (unpaired) electrons. The third-order valence-corrected chi connectivity index (χ3v) is 0.940. The van der Waals surface area contributed by atoms with Gasteiger partial charge in [-0.1, -0.05) is 35.9 Å². The monoisotopic (exact) mass is 168 g/mol. The molecule has 0 amide bonds. The summed E-state index contributed by atoms with van der Waals surface area (Å²) in [4.78, 5) is 0. The molecule has 0 aliphatic carbocycles. The first-order chi connectivity index (χ1) is 4.81. The van der Waals surface area contributed by atoms with Crippen LogP contribution in [0.4, 0.5) is 0 Å². The van der Waals surface area contributed by atoms with Crippen LogP contribution in [0.2, 0.25) is 0 Å². The molecule has 0 fully saturated rings. The molecule has 0 heterocycles. The molecule has 1 aromatic carbocycles. The second-order valence-electron chi connectivity index (χ2n) is 1.74. The van der Waals surface area contributed by atoms with Gasteiger partial charge in [0.15, 0.2) is 0 Å². The summed E-state index contributed by atoms with van der Waals surface area (Å²) >= 11 is 7.92. The van der Waals surface area contributed by atoms with E-state index >= 15 is 0 Å². The predicted octanol–water partition coefficient (Wildman–Crippen LogP) is 3.01. The topological polar surface area (TPSA) is 0 Å². The fraction of sp³-hybridized carbons (Fsp3) is 0.125. The van der Waals surface area contributed by atoms with Crippen molar-refractivity contribution in [2.24, 2.45) is 0 Å². The number of hydrogen-bond donors (Lipinski definition) is 0. The fourth-order valence-electron chi connectivity index (χ4n) is 0.534. The van der Waals surface area contributed by atoms with Crippen molar-refractivity contribution in [2.75, 3.05) is 0 Å². The first kappa shape index (κ1) is 9.44. The minimum atomic E-state index is 1.32. The molecule has 0 N–H and O–H groups in total. The van der Waals surface area contributed by atoms with Gasteiger partial charge in [-0.05, 0) is 31.4 Å². The third-order valence-electron chi connectivity index (χ3n) is 0.940. The quantitative estimate of drug-likeness (QED) is 0.546. The molecular weight excluding hydrogens is 160 g/mol. The van der Waals surface area contributed by atoms with E-state index in [1.807, 2.05) is 22.5 Å². The lowest BCUT2D eigenvalue weighted by molar-refractivity contribution is 1.48. The molecule has 0 aromatic heterocycles. The van der Waals surface area contributed by atoms with Crippen LogP contribution in [0.5, 0.6) is 0 Å². The van der Waals surface area contributed by atoms with Gasteiger partial charge >= 0.3 is 0 Å². The third kappa shape index (κ3) is 5.57. The molecular formula is C8H8S2. The second-order valence-corrected chi connectivity index (χ2v) is 2.40. The average molecular weight is 168 g/mol. The van der Waals surface area contributed by atoms with Crippen LogP contribution in [0.15, 0.2) is 30.3 Å². The van der Waals surface area contributed by atoms with Gasteiger partial charge in [-0.3, -0.25) is 0 Å². The van der Waals surface area contributed by atoms with Gasteiger partial charge in [0.05, 0.1) is 0 Å². The summed E-state index contributed by atoms with van der Waals surface area (Å²) in [6.07, 6.45) is 0. The molecule has 0 spiro atoms. The number of hydrogen-bond acceptors (Lipinski definition) is 2. The van der Waals surface area contributed by atoms with Crippen molar-refractivity contribution in [1.82, 2.24) is 0 Å². The van der Waals surface area contributed by atoms with Crippen LogP contribution in [0, 0.1) is 6.92 Å². The van der Waals surface area contributed by atoms with Gasteiger partial charge in [0.1, 0.15) is 0 Å². The Balaban J connectivity index is 0.000000236. The Kier molecular flexibility index (Phi) is 6.19. The van der Waals surface area contributed by atoms with E-state index < -0.39 is 0 Å². The highest BCUT2D eigenvalue weighted by atomic mass is 32.1. The molecule has 0 saturated carbocycles. The second kappa shape index (κ2) is 6.56. The highest BCUT2D eigenvalue weighted by molar-refractivity contribution is 7.93. The molecule has 0 saturated heterocycles. The van der Waals surface area contributed by atoms with Crippen LogP contribution in [0.3, 0.4) is 0 Å². The Labute approximate surface area is 71.9 Å². The Morgan fingerprint density at radius 1 is 1.10 bits per heavy atom. The Morgan fingerprint density at radius 2 is 1.50 bits per heavy atom. The standard InChI is InChI=1S/C7H8.CS2/c1-7-5-3-2-4-6-7;2-1-3/h2-6H,1H3;. The van der Waals surface area contributed by atoms with Crippen LogP contribution in [-0.4, -0.2) is 4.31 Å². The van der Waals surface area contributed by atoms with E-state index in [1.165, 1.54) is 5.56 Å². The van der Waals surface area contributed by atoms with Gasteiger partial charge in [-0.25, -0.2) is 0 Å². The van der Waals surface area contributed by atoms with Gasteiger partial charge in [0.2, 0.25) is 0 Å². The van der Waals surface area contributed by atoms with Crippen LogP contribution in [-0.2, 0) is 0 Å². The molecule has 0 aliphatic rings. The summed E-state index contributed by atoms with van der Waals surface area (Å²) in [6.45, 7) is 2.08. The van der Waals surface area contributed by atoms with E-state index in [-0.39, 0.29) is 0 Å². The van der Waals surface area contributed by atoms with Crippen molar-refractivity contribution in [3.63, 3.8) is 0 Å². The van der Waals surface area contributed by atoms with Crippen LogP contribution in [0.25, 0.3) is 0 Å². The van der Waals surface area contributed by atoms with Crippen molar-refractivity contribution in [3.8, 4) is 0 Å². The van der Waals surface area contributed by atoms with Crippen LogP contribution < -0.4 is 0 Å². The molecule has 2 heteroatoms. The zero-order valence-electron chi connectivity index (χ0n) is 5.70. The minimum Gasteiger partial charge on any atom is -0.0622 e. The minimum absolute atomic E-state index is 1.32. The van der Waals surface area contributed by atoms with E-state index in [9.17, 15) is 0 Å². The predicted molar refractivity (Wildman–Crippen MR) is 51.4 cm³/mol. The molecule has 0 unspecified atom stereocenters. The van der Waals surface area contributed by atoms with E-state index in [0.717, 1.165) is 0 Å². The molecule has 0 nitrogen and oxygen atoms in total. The lowest BCUT2D eigenvalue weighted by atomic mass is 10.2. The number of thiocarbonyl (C=S) groups is 2. The molecule has 1 aromatic rings. The summed E-state index contributed by atoms with van der Waals surface area (Å²) in [5.74, 6) is 0. The summed E-state index contributed by atoms with van der Waals surface area (Å²) in [5.41, 5.74) is 1.32. The molecule has 52 valence electrons. The summed E-state index contributed by atoms with van der Waals surface area (Å²) in [7, 11) is 0. The molecule has 1 rings (SSSR count). The molecule has 10 heavy (non-hydrogen) atoms. The van der Waals surface area contributed by atoms with Crippen molar-refractivity contribution in [3.05, 3.63) is 35.9 Å². The van der Waals surface area contributed by atoms with E-state index in [4.69, 9.17) is 0 Å². The van der Waals surface area contributed by atoms with Crippen molar-refractivity contribution >= 4 is 28.7 Å². The Morgan fingerprint density at radius 3 is 1.70 bits per heavy atom. The number of benzene rings is 1. The van der Waals surface area contributed by atoms with E-state index in [1.54, 1.807) is 0 Å². The summed E-state index contributed by atoms with van der Waals surface area (Å²) in [5, 5.41) is 0. The smallest absolute Gasteiger partial charge is 0.0297 e. The lowest BCUT2D eigenvalue weighted by Gasteiger charge is -1.82. The van der Waals surface area contributed by atoms with Gasteiger partial charge in [0, 0.05) is 4.31 Å². The SMILES string of the molecule is Cc1ccccc1.S=C=S. The average Bonchev–Trinajstić information content (AvgIpc) is 1.91. The molecule has 0 aliphatic heterocycles. The maximum Gasteiger partial charge on any atom is 0.0297 e. The van der Waals surface area contributed by atoms with Crippen molar-refractivity contribution in [2.45, 2.75) is 6.92 Å². The number of rotatable bonds is 0. The normalized spacial score (nSPS) is 6.90. The fourth-order valence-corrected chi connectivity index (χ4v) is 0.534. The van der Waals surface area contributed by atoms with Crippen LogP contribution >= 0.6 is 24.4 Å². The first-order valence-electron chi connectivity index (χ1n) is 2.82. The summed E-state index contributed by atoms with van der Waals surface area (Å²) in [6, 6.07) is 10.3. The largest absolute Gasteiger partial charge is 0.0622 e. The molecule has 0 atom stereocenters. The maximum absolute atomic E-state index is 3.96. The van der Waals surface area contributed by atoms with Gasteiger partial charge in [-0.15, -0.1) is 0 Å². The highest BCUT2D eigenvalue weighted by Crippen LogP contribution is 1.92. The zero-order valence-corrected chi connectivity index (χ0v) is 7.34. The van der Waals surface area contributed by atoms with Gasteiger partial charge < -0.3 is 0 Å². The Bertz CT molecular complexity index is 198. The van der Waals surface area contributed by atoms with E-state index in [2.05, 4.69) is 43.5 Å². The Hall–Kier alpha value is -0.560. The van der Waals surface area contributed by atoms with Crippen LogP contribution in [0.1, 0.15) is 5.56 Å². The zero-order chi connectivity index (χ0) is 7.82. The van der Waals surface area contributed by atoms with Crippen molar-refractivity contribution in [1.29, 1.82) is 0 Å².